The van der Waals surface area contributed by atoms with Gasteiger partial charge >= 0.3 is 0 Å². The van der Waals surface area contributed by atoms with Gasteiger partial charge in [0.25, 0.3) is 5.89 Å². The molecule has 2 heterocycles. The Hall–Kier alpha value is -2.99. The summed E-state index contributed by atoms with van der Waals surface area (Å²) in [5, 5.41) is 8.36. The third kappa shape index (κ3) is 3.61. The molecule has 0 bridgehead atoms. The first-order valence-corrected chi connectivity index (χ1v) is 9.70. The number of thioether (sulfide) groups is 1. The van der Waals surface area contributed by atoms with Gasteiger partial charge in [-0.25, -0.2) is 4.98 Å². The van der Waals surface area contributed by atoms with Crippen LogP contribution in [0.25, 0.3) is 34.3 Å². The molecule has 5 nitrogen and oxygen atoms in total. The fraction of sp³-hybridized carbons (Fsp3) is 0.143. The van der Waals surface area contributed by atoms with Crippen molar-refractivity contribution in [2.75, 3.05) is 5.75 Å². The Morgan fingerprint density at radius 3 is 2.48 bits per heavy atom. The molecule has 0 fully saturated rings. The van der Waals surface area contributed by atoms with Crippen molar-refractivity contribution in [1.82, 2.24) is 20.2 Å². The maximum absolute atomic E-state index is 5.88. The lowest BCUT2D eigenvalue weighted by Crippen LogP contribution is -1.96. The van der Waals surface area contributed by atoms with Crippen LogP contribution < -0.4 is 0 Å². The molecule has 0 atom stereocenters. The van der Waals surface area contributed by atoms with E-state index < -0.39 is 0 Å². The Morgan fingerprint density at radius 1 is 0.926 bits per heavy atom. The molecule has 2 aromatic heterocycles. The van der Waals surface area contributed by atoms with Gasteiger partial charge in [-0.3, -0.25) is 4.98 Å². The van der Waals surface area contributed by atoms with Crippen molar-refractivity contribution in [3.63, 3.8) is 0 Å². The Labute approximate surface area is 161 Å². The van der Waals surface area contributed by atoms with Crippen molar-refractivity contribution in [1.29, 1.82) is 0 Å². The zero-order valence-electron chi connectivity index (χ0n) is 15.1. The molecule has 27 heavy (non-hydrogen) atoms. The summed E-state index contributed by atoms with van der Waals surface area (Å²) < 4.78 is 5.88. The molecule has 2 aromatic carbocycles. The fourth-order valence-corrected chi connectivity index (χ4v) is 3.57. The van der Waals surface area contributed by atoms with Gasteiger partial charge in [0.05, 0.1) is 17.6 Å². The van der Waals surface area contributed by atoms with Gasteiger partial charge in [-0.2, -0.15) is 0 Å². The Morgan fingerprint density at radius 2 is 1.67 bits per heavy atom. The van der Waals surface area contributed by atoms with Crippen molar-refractivity contribution in [2.45, 2.75) is 18.7 Å². The van der Waals surface area contributed by atoms with Gasteiger partial charge in [0.15, 0.2) is 0 Å². The van der Waals surface area contributed by atoms with Crippen molar-refractivity contribution in [3.05, 3.63) is 66.5 Å². The van der Waals surface area contributed by atoms with E-state index in [9.17, 15) is 0 Å². The average molecular weight is 374 g/mol. The normalized spacial score (nSPS) is 10.9. The van der Waals surface area contributed by atoms with Crippen LogP contribution in [0, 0.1) is 6.92 Å². The minimum absolute atomic E-state index is 0.376. The molecule has 4 rings (SSSR count). The smallest absolute Gasteiger partial charge is 0.268 e. The fourth-order valence-electron chi connectivity index (χ4n) is 2.76. The Bertz CT molecular complexity index is 1060. The number of nitrogens with zero attached hydrogens (tertiary/aromatic N) is 4. The van der Waals surface area contributed by atoms with Crippen LogP contribution in [-0.4, -0.2) is 25.9 Å². The lowest BCUT2D eigenvalue weighted by atomic mass is 10.1. The third-order valence-electron chi connectivity index (χ3n) is 4.07. The largest absolute Gasteiger partial charge is 0.415 e. The van der Waals surface area contributed by atoms with E-state index in [4.69, 9.17) is 9.40 Å². The summed E-state index contributed by atoms with van der Waals surface area (Å²) in [4.78, 5) is 10.5. The van der Waals surface area contributed by atoms with Gasteiger partial charge in [0, 0.05) is 16.0 Å². The monoisotopic (exact) mass is 374 g/mol. The predicted molar refractivity (Wildman–Crippen MR) is 107 cm³/mol. The molecule has 0 aliphatic heterocycles. The number of hydrogen-bond donors (Lipinski definition) is 0. The van der Waals surface area contributed by atoms with Crippen LogP contribution >= 0.6 is 11.8 Å². The van der Waals surface area contributed by atoms with Crippen LogP contribution in [0.5, 0.6) is 0 Å². The highest BCUT2D eigenvalue weighted by atomic mass is 32.2. The zero-order valence-corrected chi connectivity index (χ0v) is 15.9. The highest BCUT2D eigenvalue weighted by Crippen LogP contribution is 2.32. The quantitative estimate of drug-likeness (QED) is 0.443. The number of benzene rings is 2. The Kier molecular flexibility index (Phi) is 4.98. The lowest BCUT2D eigenvalue weighted by Gasteiger charge is -2.09. The van der Waals surface area contributed by atoms with Crippen LogP contribution in [-0.2, 0) is 0 Å². The second kappa shape index (κ2) is 7.72. The second-order valence-electron chi connectivity index (χ2n) is 5.90. The van der Waals surface area contributed by atoms with Crippen molar-refractivity contribution >= 4 is 11.8 Å². The van der Waals surface area contributed by atoms with E-state index >= 15 is 0 Å². The number of aromatic nitrogens is 4. The SMILES string of the molecule is CCSc1ccccc1-c1cnc(C)c(-c2nnc(-c3ccccc3)o2)n1. The van der Waals surface area contributed by atoms with E-state index in [1.54, 1.807) is 18.0 Å². The predicted octanol–water partition coefficient (Wildman–Crippen LogP) is 5.28. The van der Waals surface area contributed by atoms with Crippen LogP contribution in [0.1, 0.15) is 12.6 Å². The van der Waals surface area contributed by atoms with E-state index in [1.165, 1.54) is 4.90 Å². The van der Waals surface area contributed by atoms with E-state index in [-0.39, 0.29) is 0 Å². The van der Waals surface area contributed by atoms with Crippen molar-refractivity contribution < 1.29 is 4.42 Å². The summed E-state index contributed by atoms with van der Waals surface area (Å²) in [6.07, 6.45) is 1.79. The van der Waals surface area contributed by atoms with Crippen LogP contribution in [0.2, 0.25) is 0 Å². The Balaban J connectivity index is 1.75. The topological polar surface area (TPSA) is 64.7 Å². The minimum Gasteiger partial charge on any atom is -0.415 e. The van der Waals surface area contributed by atoms with Crippen molar-refractivity contribution in [3.8, 4) is 34.3 Å². The van der Waals surface area contributed by atoms with Gasteiger partial charge in [-0.15, -0.1) is 22.0 Å². The number of rotatable bonds is 5. The number of hydrogen-bond acceptors (Lipinski definition) is 6. The highest BCUT2D eigenvalue weighted by Gasteiger charge is 2.17. The van der Waals surface area contributed by atoms with Crippen LogP contribution in [0.4, 0.5) is 0 Å². The average Bonchev–Trinajstić information content (AvgIpc) is 3.20. The molecule has 0 spiro atoms. The maximum atomic E-state index is 5.88. The molecule has 0 saturated carbocycles. The molecular weight excluding hydrogens is 356 g/mol. The summed E-state index contributed by atoms with van der Waals surface area (Å²) in [6, 6.07) is 17.9. The molecule has 0 aliphatic rings. The number of aryl methyl sites for hydroxylation is 1. The first-order valence-electron chi connectivity index (χ1n) is 8.71. The standard InChI is InChI=1S/C21H18N4OS/c1-3-27-18-12-8-7-11-16(18)17-13-22-14(2)19(23-17)21-25-24-20(26-21)15-9-5-4-6-10-15/h4-13H,3H2,1-2H3. The third-order valence-corrected chi connectivity index (χ3v) is 5.02. The summed E-state index contributed by atoms with van der Waals surface area (Å²) in [7, 11) is 0. The maximum Gasteiger partial charge on any atom is 0.268 e. The second-order valence-corrected chi connectivity index (χ2v) is 7.20. The molecular formula is C21H18N4OS. The van der Waals surface area contributed by atoms with Gasteiger partial charge in [-0.05, 0) is 30.9 Å². The molecule has 0 unspecified atom stereocenters. The molecule has 4 aromatic rings. The van der Waals surface area contributed by atoms with E-state index in [0.717, 1.165) is 28.3 Å². The van der Waals surface area contributed by atoms with E-state index in [2.05, 4.69) is 34.2 Å². The first-order chi connectivity index (χ1) is 13.3. The molecule has 0 N–H and O–H groups in total. The van der Waals surface area contributed by atoms with Crippen molar-refractivity contribution in [2.24, 2.45) is 0 Å². The molecule has 0 radical (unpaired) electrons. The van der Waals surface area contributed by atoms with E-state index in [1.807, 2.05) is 49.4 Å². The molecule has 134 valence electrons. The van der Waals surface area contributed by atoms with Gasteiger partial charge in [0.1, 0.15) is 5.69 Å². The lowest BCUT2D eigenvalue weighted by molar-refractivity contribution is 0.581. The zero-order chi connectivity index (χ0) is 18.6. The molecule has 0 amide bonds. The van der Waals surface area contributed by atoms with Gasteiger partial charge in [-0.1, -0.05) is 43.3 Å². The molecule has 0 saturated heterocycles. The van der Waals surface area contributed by atoms with Gasteiger partial charge < -0.3 is 4.42 Å². The summed E-state index contributed by atoms with van der Waals surface area (Å²) in [5.41, 5.74) is 4.09. The highest BCUT2D eigenvalue weighted by molar-refractivity contribution is 7.99. The minimum atomic E-state index is 0.376. The molecule has 6 heteroatoms. The molecule has 0 aliphatic carbocycles. The van der Waals surface area contributed by atoms with Gasteiger partial charge in [0.2, 0.25) is 5.89 Å². The van der Waals surface area contributed by atoms with E-state index in [0.29, 0.717) is 17.5 Å². The summed E-state index contributed by atoms with van der Waals surface area (Å²) in [6.45, 7) is 4.03. The van der Waals surface area contributed by atoms with Crippen LogP contribution in [0.3, 0.4) is 0 Å². The first kappa shape index (κ1) is 17.4. The van der Waals surface area contributed by atoms with Crippen LogP contribution in [0.15, 0.2) is 70.1 Å². The summed E-state index contributed by atoms with van der Waals surface area (Å²) >= 11 is 1.78. The summed E-state index contributed by atoms with van der Waals surface area (Å²) in [5.74, 6) is 1.84.